The molecule has 3 heterocycles. The number of benzene rings is 2. The molecule has 0 aliphatic carbocycles. The number of para-hydroxylation sites is 1. The molecule has 0 spiro atoms. The third kappa shape index (κ3) is 4.83. The Morgan fingerprint density at radius 1 is 1.00 bits per heavy atom. The van der Waals surface area contributed by atoms with Gasteiger partial charge in [-0.15, -0.1) is 10.2 Å². The van der Waals surface area contributed by atoms with Gasteiger partial charge in [0.05, 0.1) is 25.9 Å². The number of hydrogen-bond donors (Lipinski definition) is 2. The van der Waals surface area contributed by atoms with Crippen LogP contribution in [0.2, 0.25) is 0 Å². The summed E-state index contributed by atoms with van der Waals surface area (Å²) in [6.07, 6.45) is 3.45. The number of amides is 1. The lowest BCUT2D eigenvalue weighted by Crippen LogP contribution is -2.31. The number of rotatable bonds is 9. The molecule has 5 rings (SSSR count). The van der Waals surface area contributed by atoms with E-state index >= 15 is 0 Å². The number of hydrogen-bond acceptors (Lipinski definition) is 9. The van der Waals surface area contributed by atoms with Crippen LogP contribution >= 0.6 is 0 Å². The third-order valence-electron chi connectivity index (χ3n) is 6.95. The van der Waals surface area contributed by atoms with Crippen LogP contribution in [0.25, 0.3) is 17.1 Å². The fourth-order valence-corrected chi connectivity index (χ4v) is 5.82. The quantitative estimate of drug-likeness (QED) is 0.312. The Labute approximate surface area is 231 Å². The summed E-state index contributed by atoms with van der Waals surface area (Å²) in [6, 6.07) is 10.6. The van der Waals surface area contributed by atoms with Crippen LogP contribution < -0.4 is 19.5 Å². The molecule has 0 fully saturated rings. The first-order chi connectivity index (χ1) is 19.1. The molecular weight excluding hydrogens is 534 g/mol. The Morgan fingerprint density at radius 2 is 1.65 bits per heavy atom. The third-order valence-corrected chi connectivity index (χ3v) is 8.81. The van der Waals surface area contributed by atoms with Gasteiger partial charge in [-0.25, -0.2) is 18.4 Å². The number of sulfonamides is 1. The maximum absolute atomic E-state index is 13.7. The van der Waals surface area contributed by atoms with E-state index in [9.17, 15) is 13.2 Å². The van der Waals surface area contributed by atoms with Crippen molar-refractivity contribution in [3.05, 3.63) is 65.7 Å². The van der Waals surface area contributed by atoms with Gasteiger partial charge in [-0.1, -0.05) is 25.1 Å². The zero-order valence-electron chi connectivity index (χ0n) is 22.7. The van der Waals surface area contributed by atoms with Gasteiger partial charge >= 0.3 is 0 Å². The first kappa shape index (κ1) is 27.1. The summed E-state index contributed by atoms with van der Waals surface area (Å²) in [5.41, 5.74) is 3.26. The predicted molar refractivity (Wildman–Crippen MR) is 149 cm³/mol. The van der Waals surface area contributed by atoms with Crippen molar-refractivity contribution in [2.75, 3.05) is 24.3 Å². The molecule has 0 unspecified atom stereocenters. The highest BCUT2D eigenvalue weighted by Crippen LogP contribution is 2.40. The number of carbonyl (C=O) groups excluding carboxylic acids is 1. The lowest BCUT2D eigenvalue weighted by atomic mass is 10.0. The summed E-state index contributed by atoms with van der Waals surface area (Å²) in [7, 11) is -1.03. The smallest absolute Gasteiger partial charge is 0.243 e. The van der Waals surface area contributed by atoms with Crippen LogP contribution in [0.4, 0.5) is 11.6 Å². The number of aromatic nitrogens is 5. The molecule has 1 aliphatic rings. The Kier molecular flexibility index (Phi) is 7.15. The lowest BCUT2D eigenvalue weighted by Gasteiger charge is -2.21. The monoisotopic (exact) mass is 563 g/mol. The van der Waals surface area contributed by atoms with Gasteiger partial charge < -0.3 is 14.8 Å². The van der Waals surface area contributed by atoms with Gasteiger partial charge in [-0.2, -0.15) is 0 Å². The van der Waals surface area contributed by atoms with E-state index in [1.165, 1.54) is 18.8 Å². The van der Waals surface area contributed by atoms with Crippen molar-refractivity contribution in [2.24, 2.45) is 0 Å². The minimum Gasteiger partial charge on any atom is -0.494 e. The Bertz CT molecular complexity index is 1660. The molecule has 1 aliphatic heterocycles. The van der Waals surface area contributed by atoms with E-state index < -0.39 is 21.2 Å². The number of ether oxygens (including phenoxy) is 2. The first-order valence-electron chi connectivity index (χ1n) is 12.5. The number of nitrogens with zero attached hydrogens (tertiary/aromatic N) is 5. The van der Waals surface area contributed by atoms with Gasteiger partial charge in [0, 0.05) is 29.6 Å². The van der Waals surface area contributed by atoms with Crippen LogP contribution in [0.15, 0.2) is 48.8 Å². The summed E-state index contributed by atoms with van der Waals surface area (Å²) in [6.45, 7) is 5.20. The molecule has 13 heteroatoms. The molecule has 40 heavy (non-hydrogen) atoms. The number of methoxy groups -OCH3 is 2. The number of aryl methyl sites for hydroxylation is 1. The van der Waals surface area contributed by atoms with Crippen molar-refractivity contribution >= 4 is 27.6 Å². The van der Waals surface area contributed by atoms with Crippen molar-refractivity contribution in [3.8, 4) is 28.6 Å². The average molecular weight is 564 g/mol. The van der Waals surface area contributed by atoms with Gasteiger partial charge in [-0.05, 0) is 43.2 Å². The highest BCUT2D eigenvalue weighted by molar-refractivity contribution is 7.93. The summed E-state index contributed by atoms with van der Waals surface area (Å²) in [4.78, 5) is 20.8. The highest BCUT2D eigenvalue weighted by atomic mass is 32.2. The normalized spacial score (nSPS) is 14.3. The predicted octanol–water partition coefficient (Wildman–Crippen LogP) is 3.48. The molecule has 12 nitrogen and oxygen atoms in total. The molecule has 208 valence electrons. The summed E-state index contributed by atoms with van der Waals surface area (Å²) < 4.78 is 42.8. The lowest BCUT2D eigenvalue weighted by molar-refractivity contribution is -0.115. The molecule has 2 atom stereocenters. The largest absolute Gasteiger partial charge is 0.494 e. The second-order valence-electron chi connectivity index (χ2n) is 9.51. The molecule has 0 saturated carbocycles. The van der Waals surface area contributed by atoms with Crippen LogP contribution in [0, 0.1) is 6.92 Å². The van der Waals surface area contributed by atoms with Crippen molar-refractivity contribution in [1.82, 2.24) is 24.7 Å². The second-order valence-corrected chi connectivity index (χ2v) is 11.5. The Morgan fingerprint density at radius 3 is 2.30 bits per heavy atom. The fraction of sp³-hybridized carbons (Fsp3) is 0.296. The Hall–Kier alpha value is -4.52. The molecule has 0 radical (unpaired) electrons. The standard InChI is InChI=1S/C27H29N7O5S/c1-15-13-28-25(29-14-15)16(2)17(3)40(36,37)33-27-32-31-26(18-8-6-9-20-19(18)12-23(35)30-20)34(27)24-21(38-4)10-7-11-22(24)39-5/h6-11,13-14,16-17H,12H2,1-5H3,(H,30,35)(H,32,33)/t16-,17-/m0/s1. The maximum Gasteiger partial charge on any atom is 0.243 e. The van der Waals surface area contributed by atoms with Crippen LogP contribution in [-0.2, 0) is 21.2 Å². The topological polar surface area (TPSA) is 150 Å². The van der Waals surface area contributed by atoms with E-state index in [2.05, 4.69) is 30.2 Å². The van der Waals surface area contributed by atoms with E-state index in [-0.39, 0.29) is 18.3 Å². The molecule has 2 N–H and O–H groups in total. The van der Waals surface area contributed by atoms with Crippen molar-refractivity contribution < 1.29 is 22.7 Å². The molecular formula is C27H29N7O5S. The van der Waals surface area contributed by atoms with Gasteiger partial charge in [-0.3, -0.25) is 14.1 Å². The Balaban J connectivity index is 1.65. The molecule has 4 aromatic rings. The van der Waals surface area contributed by atoms with E-state index in [0.717, 1.165) is 11.1 Å². The van der Waals surface area contributed by atoms with Crippen LogP contribution in [0.3, 0.4) is 0 Å². The minimum absolute atomic E-state index is 0.0726. The molecule has 0 saturated heterocycles. The first-order valence-corrected chi connectivity index (χ1v) is 14.1. The van der Waals surface area contributed by atoms with E-state index in [0.29, 0.717) is 40.1 Å². The van der Waals surface area contributed by atoms with Crippen LogP contribution in [0.5, 0.6) is 11.5 Å². The summed E-state index contributed by atoms with van der Waals surface area (Å²) >= 11 is 0. The maximum atomic E-state index is 13.7. The summed E-state index contributed by atoms with van der Waals surface area (Å²) in [5.74, 6) is 0.769. The highest BCUT2D eigenvalue weighted by Gasteiger charge is 2.33. The fourth-order valence-electron chi connectivity index (χ4n) is 4.58. The van der Waals surface area contributed by atoms with Gasteiger partial charge in [0.2, 0.25) is 21.9 Å². The zero-order valence-corrected chi connectivity index (χ0v) is 23.5. The number of carbonyl (C=O) groups is 1. The van der Waals surface area contributed by atoms with E-state index in [1.807, 2.05) is 6.92 Å². The average Bonchev–Trinajstić information content (AvgIpc) is 3.53. The second kappa shape index (κ2) is 10.6. The zero-order chi connectivity index (χ0) is 28.6. The van der Waals surface area contributed by atoms with Gasteiger partial charge in [0.15, 0.2) is 5.82 Å². The number of nitrogens with one attached hydrogen (secondary N) is 2. The molecule has 2 aromatic heterocycles. The van der Waals surface area contributed by atoms with Gasteiger partial charge in [0.1, 0.15) is 23.0 Å². The van der Waals surface area contributed by atoms with Crippen LogP contribution in [0.1, 0.15) is 36.7 Å². The number of fused-ring (bicyclic) bond motifs is 1. The SMILES string of the molecule is COc1cccc(OC)c1-n1c(NS(=O)(=O)[C@@H](C)[C@H](C)c2ncc(C)cn2)nnc1-c1cccc2c1CC(=O)N2. The van der Waals surface area contributed by atoms with Crippen molar-refractivity contribution in [2.45, 2.75) is 38.4 Å². The van der Waals surface area contributed by atoms with Crippen molar-refractivity contribution in [1.29, 1.82) is 0 Å². The van der Waals surface area contributed by atoms with E-state index in [4.69, 9.17) is 9.47 Å². The van der Waals surface area contributed by atoms with E-state index in [1.54, 1.807) is 62.6 Å². The molecule has 0 bridgehead atoms. The van der Waals surface area contributed by atoms with Gasteiger partial charge in [0.25, 0.3) is 0 Å². The number of anilines is 2. The van der Waals surface area contributed by atoms with Crippen LogP contribution in [-0.4, -0.2) is 58.5 Å². The van der Waals surface area contributed by atoms with Crippen molar-refractivity contribution in [3.63, 3.8) is 0 Å². The minimum atomic E-state index is -4.03. The molecule has 1 amide bonds. The molecule has 2 aromatic carbocycles. The summed E-state index contributed by atoms with van der Waals surface area (Å²) in [5, 5.41) is 10.5.